The fourth-order valence-corrected chi connectivity index (χ4v) is 2.05. The van der Waals surface area contributed by atoms with Gasteiger partial charge in [0.2, 0.25) is 5.95 Å². The van der Waals surface area contributed by atoms with E-state index in [-0.39, 0.29) is 5.95 Å². The molecule has 0 bridgehead atoms. The molecule has 2 heterocycles. The maximum absolute atomic E-state index is 10.00. The van der Waals surface area contributed by atoms with Crippen LogP contribution in [0.4, 0.5) is 17.6 Å². The molecular weight excluding hydrogens is 206 g/mol. The van der Waals surface area contributed by atoms with E-state index in [4.69, 9.17) is 11.5 Å². The number of β-amino-alcohol motifs (C(OH)–C–C–N with tert-alkyl or cyclic N) is 1. The normalized spacial score (nSPS) is 25.8. The summed E-state index contributed by atoms with van der Waals surface area (Å²) in [6.07, 6.45) is 1.73. The first-order valence-electron chi connectivity index (χ1n) is 5.34. The molecule has 0 amide bonds. The molecule has 1 unspecified atom stereocenters. The SMILES string of the molecule is CC1(O)CCCN(c2cc(N)nc(N)n2)C1. The highest BCUT2D eigenvalue weighted by Crippen LogP contribution is 2.25. The molecule has 1 aliphatic rings. The van der Waals surface area contributed by atoms with Gasteiger partial charge in [-0.05, 0) is 19.8 Å². The van der Waals surface area contributed by atoms with Crippen LogP contribution in [0.15, 0.2) is 6.07 Å². The van der Waals surface area contributed by atoms with E-state index in [0.717, 1.165) is 19.4 Å². The minimum atomic E-state index is -0.674. The molecule has 1 saturated heterocycles. The Hall–Kier alpha value is -1.56. The van der Waals surface area contributed by atoms with Crippen LogP contribution in [0, 0.1) is 0 Å². The summed E-state index contributed by atoms with van der Waals surface area (Å²) in [4.78, 5) is 9.93. The lowest BCUT2D eigenvalue weighted by atomic mass is 9.95. The zero-order valence-electron chi connectivity index (χ0n) is 9.35. The van der Waals surface area contributed by atoms with Crippen LogP contribution in [-0.4, -0.2) is 33.8 Å². The van der Waals surface area contributed by atoms with E-state index in [2.05, 4.69) is 9.97 Å². The Morgan fingerprint density at radius 3 is 2.81 bits per heavy atom. The minimum absolute atomic E-state index is 0.167. The topological polar surface area (TPSA) is 101 Å². The average molecular weight is 223 g/mol. The molecule has 0 spiro atoms. The van der Waals surface area contributed by atoms with Gasteiger partial charge in [0.1, 0.15) is 11.6 Å². The van der Waals surface area contributed by atoms with Crippen molar-refractivity contribution in [2.24, 2.45) is 0 Å². The van der Waals surface area contributed by atoms with Crippen molar-refractivity contribution in [3.05, 3.63) is 6.07 Å². The van der Waals surface area contributed by atoms with Crippen molar-refractivity contribution in [3.8, 4) is 0 Å². The van der Waals surface area contributed by atoms with E-state index in [1.54, 1.807) is 6.07 Å². The molecule has 88 valence electrons. The lowest BCUT2D eigenvalue weighted by Crippen LogP contribution is -2.46. The van der Waals surface area contributed by atoms with Crippen molar-refractivity contribution in [2.75, 3.05) is 29.5 Å². The summed E-state index contributed by atoms with van der Waals surface area (Å²) in [5.74, 6) is 1.21. The van der Waals surface area contributed by atoms with Crippen LogP contribution in [0.25, 0.3) is 0 Å². The van der Waals surface area contributed by atoms with Crippen LogP contribution in [0.2, 0.25) is 0 Å². The van der Waals surface area contributed by atoms with E-state index in [1.807, 2.05) is 11.8 Å². The van der Waals surface area contributed by atoms with Gasteiger partial charge >= 0.3 is 0 Å². The highest BCUT2D eigenvalue weighted by molar-refractivity contribution is 5.50. The van der Waals surface area contributed by atoms with Gasteiger partial charge in [0.05, 0.1) is 5.60 Å². The van der Waals surface area contributed by atoms with Crippen LogP contribution in [0.3, 0.4) is 0 Å². The van der Waals surface area contributed by atoms with E-state index < -0.39 is 5.60 Å². The molecule has 6 nitrogen and oxygen atoms in total. The van der Waals surface area contributed by atoms with Gasteiger partial charge in [-0.3, -0.25) is 0 Å². The molecule has 6 heteroatoms. The molecule has 5 N–H and O–H groups in total. The summed E-state index contributed by atoms with van der Waals surface area (Å²) in [6, 6.07) is 1.68. The third-order valence-electron chi connectivity index (χ3n) is 2.75. The molecule has 0 aromatic carbocycles. The molecule has 1 atom stereocenters. The van der Waals surface area contributed by atoms with Crippen molar-refractivity contribution in [3.63, 3.8) is 0 Å². The Balaban J connectivity index is 2.23. The molecule has 0 aliphatic carbocycles. The number of nitrogens with two attached hydrogens (primary N) is 2. The third-order valence-corrected chi connectivity index (χ3v) is 2.75. The molecule has 2 rings (SSSR count). The van der Waals surface area contributed by atoms with Crippen molar-refractivity contribution in [2.45, 2.75) is 25.4 Å². The van der Waals surface area contributed by atoms with Crippen LogP contribution in [0.5, 0.6) is 0 Å². The van der Waals surface area contributed by atoms with Gasteiger partial charge in [-0.25, -0.2) is 0 Å². The highest BCUT2D eigenvalue weighted by atomic mass is 16.3. The fraction of sp³-hybridized carbons (Fsp3) is 0.600. The van der Waals surface area contributed by atoms with Crippen molar-refractivity contribution in [1.29, 1.82) is 0 Å². The predicted molar refractivity (Wildman–Crippen MR) is 62.9 cm³/mol. The summed E-state index contributed by atoms with van der Waals surface area (Å²) in [7, 11) is 0. The van der Waals surface area contributed by atoms with Crippen LogP contribution in [-0.2, 0) is 0 Å². The molecular formula is C10H17N5O. The van der Waals surface area contributed by atoms with Gasteiger partial charge in [0.15, 0.2) is 0 Å². The Bertz CT molecular complexity index is 373. The van der Waals surface area contributed by atoms with Gasteiger partial charge in [0.25, 0.3) is 0 Å². The van der Waals surface area contributed by atoms with E-state index in [1.165, 1.54) is 0 Å². The standard InChI is InChI=1S/C10H17N5O/c1-10(16)3-2-4-15(6-10)8-5-7(11)13-9(12)14-8/h5,16H,2-4,6H2,1H3,(H4,11,12,13,14). The van der Waals surface area contributed by atoms with Gasteiger partial charge in [-0.2, -0.15) is 9.97 Å². The van der Waals surface area contributed by atoms with Crippen molar-refractivity contribution >= 4 is 17.6 Å². The Morgan fingerprint density at radius 2 is 2.19 bits per heavy atom. The number of aliphatic hydroxyl groups is 1. The molecule has 16 heavy (non-hydrogen) atoms. The van der Waals surface area contributed by atoms with Gasteiger partial charge in [-0.1, -0.05) is 0 Å². The summed E-state index contributed by atoms with van der Waals surface area (Å²) in [6.45, 7) is 3.22. The molecule has 1 fully saturated rings. The van der Waals surface area contributed by atoms with Crippen molar-refractivity contribution in [1.82, 2.24) is 9.97 Å². The van der Waals surface area contributed by atoms with Crippen LogP contribution < -0.4 is 16.4 Å². The molecule has 1 aliphatic heterocycles. The first kappa shape index (κ1) is 10.9. The third kappa shape index (κ3) is 2.33. The number of nitrogens with zero attached hydrogens (tertiary/aromatic N) is 3. The maximum Gasteiger partial charge on any atom is 0.223 e. The Labute approximate surface area is 94.3 Å². The van der Waals surface area contributed by atoms with E-state index in [0.29, 0.717) is 18.2 Å². The van der Waals surface area contributed by atoms with Crippen LogP contribution >= 0.6 is 0 Å². The second-order valence-corrected chi connectivity index (χ2v) is 4.53. The largest absolute Gasteiger partial charge is 0.388 e. The number of rotatable bonds is 1. The second-order valence-electron chi connectivity index (χ2n) is 4.53. The summed E-state index contributed by atoms with van der Waals surface area (Å²) >= 11 is 0. The van der Waals surface area contributed by atoms with Crippen LogP contribution in [0.1, 0.15) is 19.8 Å². The van der Waals surface area contributed by atoms with Crippen molar-refractivity contribution < 1.29 is 5.11 Å². The number of piperidine rings is 1. The molecule has 0 saturated carbocycles. The van der Waals surface area contributed by atoms with Gasteiger partial charge < -0.3 is 21.5 Å². The smallest absolute Gasteiger partial charge is 0.223 e. The number of hydrogen-bond acceptors (Lipinski definition) is 6. The van der Waals surface area contributed by atoms with E-state index in [9.17, 15) is 5.11 Å². The second kappa shape index (κ2) is 3.79. The quantitative estimate of drug-likeness (QED) is 0.619. The summed E-state index contributed by atoms with van der Waals surface area (Å²) < 4.78 is 0. The Kier molecular flexibility index (Phi) is 2.59. The molecule has 0 radical (unpaired) electrons. The average Bonchev–Trinajstić information content (AvgIpc) is 2.14. The molecule has 1 aromatic heterocycles. The van der Waals surface area contributed by atoms with Gasteiger partial charge in [-0.15, -0.1) is 0 Å². The number of aromatic nitrogens is 2. The number of anilines is 3. The lowest BCUT2D eigenvalue weighted by molar-refractivity contribution is 0.0447. The number of nitrogen functional groups attached to an aromatic ring is 2. The molecule has 1 aromatic rings. The Morgan fingerprint density at radius 1 is 1.44 bits per heavy atom. The summed E-state index contributed by atoms with van der Waals surface area (Å²) in [5, 5.41) is 10.00. The fourth-order valence-electron chi connectivity index (χ4n) is 2.05. The first-order chi connectivity index (χ1) is 7.46. The minimum Gasteiger partial charge on any atom is -0.388 e. The zero-order valence-corrected chi connectivity index (χ0v) is 9.35. The van der Waals surface area contributed by atoms with E-state index >= 15 is 0 Å². The predicted octanol–water partition coefficient (Wildman–Crippen LogP) is -0.00780. The monoisotopic (exact) mass is 223 g/mol. The van der Waals surface area contributed by atoms with Gasteiger partial charge in [0, 0.05) is 19.2 Å². The number of hydrogen-bond donors (Lipinski definition) is 3. The first-order valence-corrected chi connectivity index (χ1v) is 5.34. The maximum atomic E-state index is 10.00. The lowest BCUT2D eigenvalue weighted by Gasteiger charge is -2.37. The zero-order chi connectivity index (χ0) is 11.8. The summed E-state index contributed by atoms with van der Waals surface area (Å²) in [5.41, 5.74) is 10.5. The highest BCUT2D eigenvalue weighted by Gasteiger charge is 2.29.